The first kappa shape index (κ1) is 16.8. The molecule has 0 bridgehead atoms. The third-order valence-electron chi connectivity index (χ3n) is 5.04. The SMILES string of the molecule is O=C1CC2(CCN(C(=O)Cc3ccccc3C(F)(F)F)CC2)CN1. The predicted molar refractivity (Wildman–Crippen MR) is 81.0 cm³/mol. The van der Waals surface area contributed by atoms with Gasteiger partial charge in [-0.15, -0.1) is 0 Å². The summed E-state index contributed by atoms with van der Waals surface area (Å²) in [4.78, 5) is 25.4. The molecule has 7 heteroatoms. The molecule has 0 aromatic heterocycles. The van der Waals surface area contributed by atoms with Crippen molar-refractivity contribution in [2.45, 2.75) is 31.9 Å². The quantitative estimate of drug-likeness (QED) is 0.899. The van der Waals surface area contributed by atoms with E-state index < -0.39 is 11.7 Å². The van der Waals surface area contributed by atoms with Gasteiger partial charge in [-0.2, -0.15) is 13.2 Å². The Morgan fingerprint density at radius 1 is 1.21 bits per heavy atom. The molecule has 1 aromatic carbocycles. The van der Waals surface area contributed by atoms with Crippen LogP contribution in [0.25, 0.3) is 0 Å². The van der Waals surface area contributed by atoms with Gasteiger partial charge >= 0.3 is 6.18 Å². The van der Waals surface area contributed by atoms with Crippen LogP contribution in [0.15, 0.2) is 24.3 Å². The van der Waals surface area contributed by atoms with Gasteiger partial charge in [0.05, 0.1) is 12.0 Å². The minimum atomic E-state index is -4.46. The number of piperidine rings is 1. The lowest BCUT2D eigenvalue weighted by Gasteiger charge is -2.38. The molecule has 0 aliphatic carbocycles. The van der Waals surface area contributed by atoms with Crippen molar-refractivity contribution < 1.29 is 22.8 Å². The Labute approximate surface area is 138 Å². The van der Waals surface area contributed by atoms with Crippen LogP contribution in [-0.4, -0.2) is 36.3 Å². The molecule has 1 aromatic rings. The Balaban J connectivity index is 1.64. The summed E-state index contributed by atoms with van der Waals surface area (Å²) in [5, 5.41) is 2.82. The average molecular weight is 340 g/mol. The minimum Gasteiger partial charge on any atom is -0.356 e. The topological polar surface area (TPSA) is 49.4 Å². The van der Waals surface area contributed by atoms with Gasteiger partial charge in [0.1, 0.15) is 0 Å². The molecule has 2 saturated heterocycles. The molecule has 0 atom stereocenters. The molecule has 2 amide bonds. The maximum absolute atomic E-state index is 13.0. The molecular weight excluding hydrogens is 321 g/mol. The van der Waals surface area contributed by atoms with Crippen LogP contribution in [0, 0.1) is 5.41 Å². The van der Waals surface area contributed by atoms with Crippen LogP contribution in [0.3, 0.4) is 0 Å². The van der Waals surface area contributed by atoms with E-state index in [-0.39, 0.29) is 29.2 Å². The van der Waals surface area contributed by atoms with Gasteiger partial charge in [-0.25, -0.2) is 0 Å². The van der Waals surface area contributed by atoms with Crippen LogP contribution in [-0.2, 0) is 22.2 Å². The number of carbonyl (C=O) groups is 2. The van der Waals surface area contributed by atoms with Crippen LogP contribution in [0.1, 0.15) is 30.4 Å². The van der Waals surface area contributed by atoms with Gasteiger partial charge < -0.3 is 10.2 Å². The highest BCUT2D eigenvalue weighted by Crippen LogP contribution is 2.38. The van der Waals surface area contributed by atoms with Crippen molar-refractivity contribution in [2.24, 2.45) is 5.41 Å². The summed E-state index contributed by atoms with van der Waals surface area (Å²) >= 11 is 0. The largest absolute Gasteiger partial charge is 0.416 e. The van der Waals surface area contributed by atoms with E-state index in [0.29, 0.717) is 38.9 Å². The number of nitrogens with one attached hydrogen (secondary N) is 1. The number of nitrogens with zero attached hydrogens (tertiary/aromatic N) is 1. The average Bonchev–Trinajstić information content (AvgIpc) is 2.88. The van der Waals surface area contributed by atoms with Gasteiger partial charge in [-0.1, -0.05) is 18.2 Å². The van der Waals surface area contributed by atoms with E-state index in [1.165, 1.54) is 18.2 Å². The number of halogens is 3. The predicted octanol–water partition coefficient (Wildman–Crippen LogP) is 2.38. The van der Waals surface area contributed by atoms with E-state index in [0.717, 1.165) is 6.07 Å². The minimum absolute atomic E-state index is 0.00741. The van der Waals surface area contributed by atoms with Gasteiger partial charge in [0, 0.05) is 26.1 Å². The highest BCUT2D eigenvalue weighted by Gasteiger charge is 2.42. The Morgan fingerprint density at radius 2 is 1.88 bits per heavy atom. The number of alkyl halides is 3. The summed E-state index contributed by atoms with van der Waals surface area (Å²) < 4.78 is 39.0. The number of rotatable bonds is 2. The molecule has 2 heterocycles. The van der Waals surface area contributed by atoms with E-state index >= 15 is 0 Å². The Kier molecular flexibility index (Phi) is 4.27. The summed E-state index contributed by atoms with van der Waals surface area (Å²) in [6, 6.07) is 5.19. The summed E-state index contributed by atoms with van der Waals surface area (Å²) in [6.45, 7) is 1.61. The molecule has 0 radical (unpaired) electrons. The highest BCUT2D eigenvalue weighted by molar-refractivity contribution is 5.80. The fourth-order valence-electron chi connectivity index (χ4n) is 3.56. The van der Waals surface area contributed by atoms with Gasteiger partial charge in [0.25, 0.3) is 0 Å². The van der Waals surface area contributed by atoms with Crippen molar-refractivity contribution in [2.75, 3.05) is 19.6 Å². The van der Waals surface area contributed by atoms with Crippen molar-refractivity contribution in [3.8, 4) is 0 Å². The molecule has 1 N–H and O–H groups in total. The van der Waals surface area contributed by atoms with Crippen LogP contribution >= 0.6 is 0 Å². The summed E-state index contributed by atoms with van der Waals surface area (Å²) in [7, 11) is 0. The molecule has 24 heavy (non-hydrogen) atoms. The van der Waals surface area contributed by atoms with E-state index in [4.69, 9.17) is 0 Å². The Bertz CT molecular complexity index is 649. The molecule has 0 saturated carbocycles. The fraction of sp³-hybridized carbons (Fsp3) is 0.529. The maximum Gasteiger partial charge on any atom is 0.416 e. The van der Waals surface area contributed by atoms with Crippen molar-refractivity contribution in [3.05, 3.63) is 35.4 Å². The lowest BCUT2D eigenvalue weighted by atomic mass is 9.77. The van der Waals surface area contributed by atoms with Crippen LogP contribution in [0.2, 0.25) is 0 Å². The van der Waals surface area contributed by atoms with Gasteiger partial charge in [-0.05, 0) is 29.9 Å². The number of amides is 2. The van der Waals surface area contributed by atoms with Crippen molar-refractivity contribution >= 4 is 11.8 Å². The van der Waals surface area contributed by atoms with E-state index in [2.05, 4.69) is 5.32 Å². The first-order valence-electron chi connectivity index (χ1n) is 7.99. The normalized spacial score (nSPS) is 20.3. The molecule has 1 spiro atoms. The Hall–Kier alpha value is -2.05. The number of hydrogen-bond acceptors (Lipinski definition) is 2. The van der Waals surface area contributed by atoms with Crippen molar-refractivity contribution in [3.63, 3.8) is 0 Å². The Morgan fingerprint density at radius 3 is 2.46 bits per heavy atom. The highest BCUT2D eigenvalue weighted by atomic mass is 19.4. The molecule has 130 valence electrons. The zero-order valence-corrected chi connectivity index (χ0v) is 13.2. The van der Waals surface area contributed by atoms with Crippen molar-refractivity contribution in [1.82, 2.24) is 10.2 Å². The van der Waals surface area contributed by atoms with Gasteiger partial charge in [-0.3, -0.25) is 9.59 Å². The fourth-order valence-corrected chi connectivity index (χ4v) is 3.56. The summed E-state index contributed by atoms with van der Waals surface area (Å²) in [5.41, 5.74) is -0.831. The van der Waals surface area contributed by atoms with E-state index in [9.17, 15) is 22.8 Å². The molecule has 2 aliphatic rings. The van der Waals surface area contributed by atoms with Crippen molar-refractivity contribution in [1.29, 1.82) is 0 Å². The van der Waals surface area contributed by atoms with Gasteiger partial charge in [0.2, 0.25) is 11.8 Å². The second-order valence-electron chi connectivity index (χ2n) is 6.67. The smallest absolute Gasteiger partial charge is 0.356 e. The zero-order valence-electron chi connectivity index (χ0n) is 13.2. The molecule has 4 nitrogen and oxygen atoms in total. The molecule has 2 aliphatic heterocycles. The second-order valence-corrected chi connectivity index (χ2v) is 6.67. The standard InChI is InChI=1S/C17H19F3N2O2/c18-17(19,20)13-4-2-1-3-12(13)9-15(24)22-7-5-16(6-8-22)10-14(23)21-11-16/h1-4H,5-11H2,(H,21,23). The maximum atomic E-state index is 13.0. The summed E-state index contributed by atoms with van der Waals surface area (Å²) in [5.74, 6) is -0.257. The number of carbonyl (C=O) groups excluding carboxylic acids is 2. The lowest BCUT2D eigenvalue weighted by Crippen LogP contribution is -2.44. The van der Waals surface area contributed by atoms with Crippen LogP contribution in [0.4, 0.5) is 13.2 Å². The second kappa shape index (κ2) is 6.11. The number of benzene rings is 1. The van der Waals surface area contributed by atoms with Crippen LogP contribution < -0.4 is 5.32 Å². The zero-order chi connectivity index (χ0) is 17.4. The first-order valence-corrected chi connectivity index (χ1v) is 7.99. The molecule has 0 unspecified atom stereocenters. The molecular formula is C17H19F3N2O2. The first-order chi connectivity index (χ1) is 11.3. The van der Waals surface area contributed by atoms with Gasteiger partial charge in [0.15, 0.2) is 0 Å². The summed E-state index contributed by atoms with van der Waals surface area (Å²) in [6.07, 6.45) is -2.82. The third-order valence-corrected chi connectivity index (χ3v) is 5.04. The van der Waals surface area contributed by atoms with E-state index in [1.807, 2.05) is 0 Å². The number of likely N-dealkylation sites (tertiary alicyclic amines) is 1. The monoisotopic (exact) mass is 340 g/mol. The van der Waals surface area contributed by atoms with E-state index in [1.54, 1.807) is 4.90 Å². The lowest BCUT2D eigenvalue weighted by molar-refractivity contribution is -0.139. The van der Waals surface area contributed by atoms with Crippen LogP contribution in [0.5, 0.6) is 0 Å². The third kappa shape index (κ3) is 3.39. The number of hydrogen-bond donors (Lipinski definition) is 1. The molecule has 2 fully saturated rings. The molecule has 3 rings (SSSR count).